The Balaban J connectivity index is 2.93. The molecule has 0 bridgehead atoms. The summed E-state index contributed by atoms with van der Waals surface area (Å²) in [6, 6.07) is 10.2. The van der Waals surface area contributed by atoms with Crippen molar-refractivity contribution in [2.75, 3.05) is 18.0 Å². The summed E-state index contributed by atoms with van der Waals surface area (Å²) in [7, 11) is 0. The lowest BCUT2D eigenvalue weighted by atomic mass is 10.1. The first-order valence-electron chi connectivity index (χ1n) is 7.03. The fourth-order valence-corrected chi connectivity index (χ4v) is 2.05. The van der Waals surface area contributed by atoms with Crippen LogP contribution in [0.3, 0.4) is 0 Å². The van der Waals surface area contributed by atoms with E-state index < -0.39 is 0 Å². The summed E-state index contributed by atoms with van der Waals surface area (Å²) in [6.07, 6.45) is 4.02. The molecule has 0 atom stereocenters. The zero-order chi connectivity index (χ0) is 15.0. The zero-order valence-corrected chi connectivity index (χ0v) is 12.4. The van der Waals surface area contributed by atoms with E-state index in [9.17, 15) is 0 Å². The fraction of sp³-hybridized carbons (Fsp3) is 0.353. The Hall–Kier alpha value is -2.21. The second-order valence-electron chi connectivity index (χ2n) is 4.77. The molecule has 1 rings (SSSR count). The molecule has 0 spiro atoms. The van der Waals surface area contributed by atoms with Crippen LogP contribution in [-0.4, -0.2) is 13.1 Å². The predicted octanol–water partition coefficient (Wildman–Crippen LogP) is 3.69. The van der Waals surface area contributed by atoms with Crippen LogP contribution >= 0.6 is 0 Å². The zero-order valence-electron chi connectivity index (χ0n) is 12.4. The monoisotopic (exact) mass is 269 g/mol. The lowest BCUT2D eigenvalue weighted by Gasteiger charge is -2.23. The summed E-state index contributed by atoms with van der Waals surface area (Å²) in [5.41, 5.74) is 8.45. The van der Waals surface area contributed by atoms with E-state index in [-0.39, 0.29) is 0 Å². The molecule has 0 aliphatic rings. The quantitative estimate of drug-likeness (QED) is 0.606. The van der Waals surface area contributed by atoms with Gasteiger partial charge in [0.05, 0.1) is 5.57 Å². The third kappa shape index (κ3) is 4.47. The molecule has 0 aliphatic heterocycles. The van der Waals surface area contributed by atoms with Gasteiger partial charge in [-0.15, -0.1) is 0 Å². The van der Waals surface area contributed by atoms with Crippen LogP contribution in [0.4, 0.5) is 5.69 Å². The van der Waals surface area contributed by atoms with Crippen molar-refractivity contribution in [3.63, 3.8) is 0 Å². The van der Waals surface area contributed by atoms with Crippen LogP contribution in [0.2, 0.25) is 0 Å². The highest BCUT2D eigenvalue weighted by Crippen LogP contribution is 2.18. The summed E-state index contributed by atoms with van der Waals surface area (Å²) in [5, 5.41) is 8.97. The van der Waals surface area contributed by atoms with Crippen LogP contribution in [0.1, 0.15) is 32.3 Å². The molecule has 0 saturated carbocycles. The van der Waals surface area contributed by atoms with Gasteiger partial charge < -0.3 is 10.6 Å². The Bertz CT molecular complexity index is 500. The Labute approximate surface area is 122 Å². The van der Waals surface area contributed by atoms with E-state index in [1.54, 1.807) is 6.08 Å². The van der Waals surface area contributed by atoms with E-state index in [0.29, 0.717) is 11.3 Å². The average molecular weight is 269 g/mol. The maximum Gasteiger partial charge on any atom is 0.101 e. The van der Waals surface area contributed by atoms with E-state index in [1.165, 1.54) is 5.69 Å². The minimum atomic E-state index is 0.301. The SMILES string of the molecule is C=C(N)/C(C#N)=C/c1ccc(N(CCC)CCC)cc1. The van der Waals surface area contributed by atoms with Gasteiger partial charge in [0.15, 0.2) is 0 Å². The topological polar surface area (TPSA) is 53.1 Å². The van der Waals surface area contributed by atoms with Crippen LogP contribution < -0.4 is 10.6 Å². The van der Waals surface area contributed by atoms with Crippen LogP contribution in [0.5, 0.6) is 0 Å². The molecule has 0 saturated heterocycles. The first kappa shape index (κ1) is 15.8. The van der Waals surface area contributed by atoms with Gasteiger partial charge in [0.2, 0.25) is 0 Å². The first-order valence-corrected chi connectivity index (χ1v) is 7.03. The maximum atomic E-state index is 8.97. The number of hydrogen-bond donors (Lipinski definition) is 1. The maximum absolute atomic E-state index is 8.97. The van der Waals surface area contributed by atoms with Crippen molar-refractivity contribution < 1.29 is 0 Å². The molecule has 2 N–H and O–H groups in total. The summed E-state index contributed by atoms with van der Waals surface area (Å²) in [5.74, 6) is 0. The number of anilines is 1. The van der Waals surface area contributed by atoms with Crippen molar-refractivity contribution >= 4 is 11.8 Å². The normalized spacial score (nSPS) is 10.9. The van der Waals surface area contributed by atoms with Crippen molar-refractivity contribution in [2.24, 2.45) is 5.73 Å². The second kappa shape index (κ2) is 8.06. The van der Waals surface area contributed by atoms with Gasteiger partial charge in [-0.1, -0.05) is 32.6 Å². The summed E-state index contributed by atoms with van der Waals surface area (Å²) in [6.45, 7) is 10.1. The summed E-state index contributed by atoms with van der Waals surface area (Å²) in [4.78, 5) is 2.38. The molecule has 1 aromatic carbocycles. The lowest BCUT2D eigenvalue weighted by molar-refractivity contribution is 0.745. The van der Waals surface area contributed by atoms with Gasteiger partial charge >= 0.3 is 0 Å². The van der Waals surface area contributed by atoms with Crippen LogP contribution in [0.25, 0.3) is 6.08 Å². The number of benzene rings is 1. The van der Waals surface area contributed by atoms with Gasteiger partial charge in [0.25, 0.3) is 0 Å². The number of allylic oxidation sites excluding steroid dienone is 1. The van der Waals surface area contributed by atoms with Crippen molar-refractivity contribution in [3.05, 3.63) is 47.7 Å². The van der Waals surface area contributed by atoms with E-state index in [4.69, 9.17) is 11.0 Å². The van der Waals surface area contributed by atoms with Gasteiger partial charge in [0, 0.05) is 24.5 Å². The van der Waals surface area contributed by atoms with Crippen molar-refractivity contribution in [3.8, 4) is 6.07 Å². The fourth-order valence-electron chi connectivity index (χ4n) is 2.05. The molecule has 0 aliphatic carbocycles. The number of nitrogens with two attached hydrogens (primary N) is 1. The summed E-state index contributed by atoms with van der Waals surface area (Å²) >= 11 is 0. The average Bonchev–Trinajstić information content (AvgIpc) is 2.45. The van der Waals surface area contributed by atoms with Gasteiger partial charge in [-0.05, 0) is 36.6 Å². The van der Waals surface area contributed by atoms with E-state index in [2.05, 4.69) is 43.5 Å². The number of nitrogens with zero attached hydrogens (tertiary/aromatic N) is 2. The Kier molecular flexibility index (Phi) is 6.39. The molecule has 0 aromatic heterocycles. The minimum absolute atomic E-state index is 0.301. The second-order valence-corrected chi connectivity index (χ2v) is 4.77. The lowest BCUT2D eigenvalue weighted by Crippen LogP contribution is -2.24. The predicted molar refractivity (Wildman–Crippen MR) is 86.2 cm³/mol. The van der Waals surface area contributed by atoms with Gasteiger partial charge in [-0.25, -0.2) is 0 Å². The Morgan fingerprint density at radius 2 is 1.80 bits per heavy atom. The number of hydrogen-bond acceptors (Lipinski definition) is 3. The molecule has 0 heterocycles. The summed E-state index contributed by atoms with van der Waals surface area (Å²) < 4.78 is 0. The van der Waals surface area contributed by atoms with E-state index >= 15 is 0 Å². The van der Waals surface area contributed by atoms with E-state index in [0.717, 1.165) is 31.5 Å². The molecule has 20 heavy (non-hydrogen) atoms. The third-order valence-corrected chi connectivity index (χ3v) is 3.02. The van der Waals surface area contributed by atoms with Crippen LogP contribution in [0.15, 0.2) is 42.1 Å². The van der Waals surface area contributed by atoms with Gasteiger partial charge in [0.1, 0.15) is 6.07 Å². The third-order valence-electron chi connectivity index (χ3n) is 3.02. The molecule has 106 valence electrons. The van der Waals surface area contributed by atoms with Gasteiger partial charge in [-0.3, -0.25) is 0 Å². The molecule has 0 amide bonds. The molecular formula is C17H23N3. The van der Waals surface area contributed by atoms with Gasteiger partial charge in [-0.2, -0.15) is 5.26 Å². The highest BCUT2D eigenvalue weighted by atomic mass is 15.1. The molecular weight excluding hydrogens is 246 g/mol. The Morgan fingerprint density at radius 1 is 1.25 bits per heavy atom. The highest BCUT2D eigenvalue weighted by Gasteiger charge is 2.04. The minimum Gasteiger partial charge on any atom is -0.398 e. The standard InChI is InChI=1S/C17H23N3/c1-4-10-20(11-5-2)17-8-6-15(7-9-17)12-16(13-18)14(3)19/h6-9,12H,3-5,10-11,19H2,1-2H3/b16-12+. The molecule has 1 aromatic rings. The smallest absolute Gasteiger partial charge is 0.101 e. The molecule has 3 heteroatoms. The molecule has 0 unspecified atom stereocenters. The molecule has 0 radical (unpaired) electrons. The van der Waals surface area contributed by atoms with E-state index in [1.807, 2.05) is 12.1 Å². The van der Waals surface area contributed by atoms with Crippen LogP contribution in [0, 0.1) is 11.3 Å². The van der Waals surface area contributed by atoms with Crippen molar-refractivity contribution in [1.29, 1.82) is 5.26 Å². The van der Waals surface area contributed by atoms with Crippen molar-refractivity contribution in [1.82, 2.24) is 0 Å². The highest BCUT2D eigenvalue weighted by molar-refractivity contribution is 5.64. The first-order chi connectivity index (χ1) is 9.62. The van der Waals surface area contributed by atoms with Crippen molar-refractivity contribution in [2.45, 2.75) is 26.7 Å². The number of nitriles is 1. The molecule has 0 fully saturated rings. The number of rotatable bonds is 7. The largest absolute Gasteiger partial charge is 0.398 e. The van der Waals surface area contributed by atoms with Crippen LogP contribution in [-0.2, 0) is 0 Å². The molecule has 3 nitrogen and oxygen atoms in total. The Morgan fingerprint density at radius 3 is 2.20 bits per heavy atom.